The molecule has 3 aromatic rings. The fourth-order valence-corrected chi connectivity index (χ4v) is 3.79. The van der Waals surface area contributed by atoms with Crippen LogP contribution in [-0.4, -0.2) is 18.7 Å². The Morgan fingerprint density at radius 1 is 1.17 bits per heavy atom. The molecule has 0 aliphatic carbocycles. The third-order valence-corrected chi connectivity index (χ3v) is 5.13. The molecule has 1 N–H and O–H groups in total. The number of nitrogens with one attached hydrogen (secondary N) is 1. The fraction of sp³-hybridized carbons (Fsp3) is 0.400. The zero-order valence-electron chi connectivity index (χ0n) is 13.8. The van der Waals surface area contributed by atoms with Crippen LogP contribution < -0.4 is 10.1 Å². The van der Waals surface area contributed by atoms with Crippen LogP contribution in [0, 0.1) is 0 Å². The molecule has 24 heavy (non-hydrogen) atoms. The van der Waals surface area contributed by atoms with Crippen LogP contribution in [0.4, 0.5) is 0 Å². The van der Waals surface area contributed by atoms with Crippen molar-refractivity contribution in [2.75, 3.05) is 6.54 Å². The van der Waals surface area contributed by atoms with E-state index in [9.17, 15) is 0 Å². The van der Waals surface area contributed by atoms with E-state index in [0.717, 1.165) is 40.7 Å². The standard InChI is InChI=1S/C20H22ClNO2/c1-2-18(17-5-3-4-10-22-17)23-14-7-9-16-15-8-6-13(21)11-19(15)24-20(16)12-14/h6-9,11-12,17-18,22H,2-5,10H2,1H3. The molecular weight excluding hydrogens is 322 g/mol. The molecule has 1 saturated heterocycles. The van der Waals surface area contributed by atoms with Crippen molar-refractivity contribution in [1.29, 1.82) is 0 Å². The highest BCUT2D eigenvalue weighted by Gasteiger charge is 2.23. The van der Waals surface area contributed by atoms with Gasteiger partial charge in [0.25, 0.3) is 0 Å². The Morgan fingerprint density at radius 2 is 1.96 bits per heavy atom. The minimum atomic E-state index is 0.196. The van der Waals surface area contributed by atoms with Gasteiger partial charge in [0.05, 0.1) is 0 Å². The lowest BCUT2D eigenvalue weighted by Gasteiger charge is -2.31. The van der Waals surface area contributed by atoms with Crippen molar-refractivity contribution in [2.24, 2.45) is 0 Å². The SMILES string of the molecule is CCC(Oc1ccc2c(c1)oc1cc(Cl)ccc12)C1CCCCN1. The summed E-state index contributed by atoms with van der Waals surface area (Å²) in [6, 6.07) is 12.3. The molecule has 126 valence electrons. The molecule has 0 bridgehead atoms. The van der Waals surface area contributed by atoms with Crippen molar-refractivity contribution in [3.63, 3.8) is 0 Å². The summed E-state index contributed by atoms with van der Waals surface area (Å²) in [6.07, 6.45) is 4.91. The number of halogens is 1. The van der Waals surface area contributed by atoms with Gasteiger partial charge < -0.3 is 14.5 Å². The van der Waals surface area contributed by atoms with Crippen LogP contribution in [0.25, 0.3) is 21.9 Å². The van der Waals surface area contributed by atoms with Crippen LogP contribution in [0.2, 0.25) is 5.02 Å². The van der Waals surface area contributed by atoms with Gasteiger partial charge in [0, 0.05) is 34.0 Å². The van der Waals surface area contributed by atoms with Gasteiger partial charge >= 0.3 is 0 Å². The summed E-state index contributed by atoms with van der Waals surface area (Å²) in [4.78, 5) is 0. The molecule has 1 aliphatic rings. The van der Waals surface area contributed by atoms with Gasteiger partial charge in [0.1, 0.15) is 23.0 Å². The maximum absolute atomic E-state index is 6.28. The molecule has 1 fully saturated rings. The lowest BCUT2D eigenvalue weighted by Crippen LogP contribution is -2.45. The highest BCUT2D eigenvalue weighted by atomic mass is 35.5. The van der Waals surface area contributed by atoms with E-state index in [1.54, 1.807) is 0 Å². The number of fused-ring (bicyclic) bond motifs is 3. The van der Waals surface area contributed by atoms with Gasteiger partial charge in [-0.2, -0.15) is 0 Å². The first-order valence-corrected chi connectivity index (χ1v) is 9.14. The number of hydrogen-bond donors (Lipinski definition) is 1. The molecule has 1 aliphatic heterocycles. The van der Waals surface area contributed by atoms with E-state index in [2.05, 4.69) is 18.3 Å². The van der Waals surface area contributed by atoms with Gasteiger partial charge in [-0.15, -0.1) is 0 Å². The molecule has 1 aromatic heterocycles. The third kappa shape index (κ3) is 2.99. The zero-order chi connectivity index (χ0) is 16.5. The molecule has 2 atom stereocenters. The summed E-state index contributed by atoms with van der Waals surface area (Å²) in [5.41, 5.74) is 1.66. The molecular formula is C20H22ClNO2. The monoisotopic (exact) mass is 343 g/mol. The molecule has 2 unspecified atom stereocenters. The van der Waals surface area contributed by atoms with E-state index in [1.807, 2.05) is 30.3 Å². The van der Waals surface area contributed by atoms with Gasteiger partial charge in [-0.1, -0.05) is 24.9 Å². The van der Waals surface area contributed by atoms with Gasteiger partial charge in [-0.05, 0) is 50.1 Å². The number of benzene rings is 2. The van der Waals surface area contributed by atoms with E-state index >= 15 is 0 Å². The van der Waals surface area contributed by atoms with Crippen molar-refractivity contribution in [3.8, 4) is 5.75 Å². The minimum Gasteiger partial charge on any atom is -0.489 e. The van der Waals surface area contributed by atoms with Crippen LogP contribution in [0.15, 0.2) is 40.8 Å². The van der Waals surface area contributed by atoms with Gasteiger partial charge in [-0.25, -0.2) is 0 Å². The lowest BCUT2D eigenvalue weighted by molar-refractivity contribution is 0.132. The third-order valence-electron chi connectivity index (χ3n) is 4.89. The van der Waals surface area contributed by atoms with E-state index in [4.69, 9.17) is 20.8 Å². The van der Waals surface area contributed by atoms with Crippen molar-refractivity contribution < 1.29 is 9.15 Å². The van der Waals surface area contributed by atoms with Crippen molar-refractivity contribution >= 4 is 33.5 Å². The first-order valence-electron chi connectivity index (χ1n) is 8.76. The largest absolute Gasteiger partial charge is 0.489 e. The second kappa shape index (κ2) is 6.66. The Balaban J connectivity index is 1.63. The average molecular weight is 344 g/mol. The number of hydrogen-bond acceptors (Lipinski definition) is 3. The predicted molar refractivity (Wildman–Crippen MR) is 99.1 cm³/mol. The van der Waals surface area contributed by atoms with Crippen molar-refractivity contribution in [2.45, 2.75) is 44.8 Å². The summed E-state index contributed by atoms with van der Waals surface area (Å²) < 4.78 is 12.2. The average Bonchev–Trinajstić information content (AvgIpc) is 2.96. The first-order chi connectivity index (χ1) is 11.7. The number of rotatable bonds is 4. The number of ether oxygens (including phenoxy) is 1. The Bertz CT molecular complexity index is 851. The molecule has 2 heterocycles. The lowest BCUT2D eigenvalue weighted by atomic mass is 9.98. The van der Waals surface area contributed by atoms with Crippen LogP contribution >= 0.6 is 11.6 Å². The van der Waals surface area contributed by atoms with E-state index in [-0.39, 0.29) is 6.10 Å². The first kappa shape index (κ1) is 15.8. The Morgan fingerprint density at radius 3 is 2.71 bits per heavy atom. The Hall–Kier alpha value is -1.71. The normalized spacial score (nSPS) is 19.7. The van der Waals surface area contributed by atoms with E-state index in [0.29, 0.717) is 11.1 Å². The second-order valence-electron chi connectivity index (χ2n) is 6.52. The predicted octanol–water partition coefficient (Wildman–Crippen LogP) is 5.54. The highest BCUT2D eigenvalue weighted by Crippen LogP contribution is 2.33. The summed E-state index contributed by atoms with van der Waals surface area (Å²) >= 11 is 6.06. The Labute approximate surface area is 146 Å². The van der Waals surface area contributed by atoms with Crippen LogP contribution in [0.5, 0.6) is 5.75 Å². The van der Waals surface area contributed by atoms with Crippen LogP contribution in [0.3, 0.4) is 0 Å². The zero-order valence-corrected chi connectivity index (χ0v) is 14.6. The molecule has 0 amide bonds. The van der Waals surface area contributed by atoms with Gasteiger partial charge in [0.2, 0.25) is 0 Å². The Kier molecular flexibility index (Phi) is 4.38. The molecule has 2 aromatic carbocycles. The summed E-state index contributed by atoms with van der Waals surface area (Å²) in [5.74, 6) is 0.867. The van der Waals surface area contributed by atoms with Crippen LogP contribution in [-0.2, 0) is 0 Å². The van der Waals surface area contributed by atoms with Crippen molar-refractivity contribution in [1.82, 2.24) is 5.32 Å². The highest BCUT2D eigenvalue weighted by molar-refractivity contribution is 6.31. The second-order valence-corrected chi connectivity index (χ2v) is 6.96. The fourth-order valence-electron chi connectivity index (χ4n) is 3.63. The molecule has 3 nitrogen and oxygen atoms in total. The number of furan rings is 1. The molecule has 4 heteroatoms. The molecule has 4 rings (SSSR count). The van der Waals surface area contributed by atoms with Crippen LogP contribution in [0.1, 0.15) is 32.6 Å². The maximum atomic E-state index is 6.28. The van der Waals surface area contributed by atoms with E-state index in [1.165, 1.54) is 19.3 Å². The molecule has 0 saturated carbocycles. The summed E-state index contributed by atoms with van der Waals surface area (Å²) in [6.45, 7) is 3.27. The topological polar surface area (TPSA) is 34.4 Å². The van der Waals surface area contributed by atoms with Gasteiger partial charge in [-0.3, -0.25) is 0 Å². The molecule has 0 spiro atoms. The maximum Gasteiger partial charge on any atom is 0.139 e. The molecule has 0 radical (unpaired) electrons. The van der Waals surface area contributed by atoms with Crippen molar-refractivity contribution in [3.05, 3.63) is 41.4 Å². The van der Waals surface area contributed by atoms with Gasteiger partial charge in [0.15, 0.2) is 0 Å². The van der Waals surface area contributed by atoms with E-state index < -0.39 is 0 Å². The number of piperidine rings is 1. The smallest absolute Gasteiger partial charge is 0.139 e. The quantitative estimate of drug-likeness (QED) is 0.675. The summed E-state index contributed by atoms with van der Waals surface area (Å²) in [7, 11) is 0. The summed E-state index contributed by atoms with van der Waals surface area (Å²) in [5, 5.41) is 6.46. The minimum absolute atomic E-state index is 0.196.